The number of benzene rings is 2. The summed E-state index contributed by atoms with van der Waals surface area (Å²) in [5.41, 5.74) is 10.4. The fraction of sp³-hybridized carbons (Fsp3) is 0.200. The van der Waals surface area contributed by atoms with Crippen LogP contribution in [0.5, 0.6) is 0 Å². The highest BCUT2D eigenvalue weighted by atomic mass is 15.1. The highest BCUT2D eigenvalue weighted by molar-refractivity contribution is 5.63. The predicted octanol–water partition coefficient (Wildman–Crippen LogP) is 3.22. The lowest BCUT2D eigenvalue weighted by Crippen LogP contribution is -2.10. The van der Waals surface area contributed by atoms with Gasteiger partial charge in [0.2, 0.25) is 0 Å². The molecule has 2 N–H and O–H groups in total. The van der Waals surface area contributed by atoms with E-state index in [1.807, 2.05) is 12.1 Å². The number of nitrogens with two attached hydrogens (primary N) is 1. The summed E-state index contributed by atoms with van der Waals surface area (Å²) in [7, 11) is 2.07. The minimum atomic E-state index is 0.579. The number of nitrogens with zero attached hydrogens (tertiary/aromatic N) is 1. The van der Waals surface area contributed by atoms with E-state index in [0.29, 0.717) is 6.54 Å². The van der Waals surface area contributed by atoms with Crippen molar-refractivity contribution in [2.24, 2.45) is 5.73 Å². The second-order valence-electron chi connectivity index (χ2n) is 4.27. The van der Waals surface area contributed by atoms with Gasteiger partial charge >= 0.3 is 0 Å². The first-order valence-corrected chi connectivity index (χ1v) is 5.80. The Labute approximate surface area is 103 Å². The predicted molar refractivity (Wildman–Crippen MR) is 73.6 cm³/mol. The summed E-state index contributed by atoms with van der Waals surface area (Å²) >= 11 is 0. The molecule has 0 fully saturated rings. The van der Waals surface area contributed by atoms with Gasteiger partial charge in [0, 0.05) is 25.0 Å². The normalized spacial score (nSPS) is 10.3. The Balaban J connectivity index is 2.33. The first kappa shape index (κ1) is 11.7. The topological polar surface area (TPSA) is 29.3 Å². The molecule has 0 saturated heterocycles. The van der Waals surface area contributed by atoms with Crippen LogP contribution < -0.4 is 10.6 Å². The summed E-state index contributed by atoms with van der Waals surface area (Å²) in [6, 6.07) is 16.8. The van der Waals surface area contributed by atoms with Crippen molar-refractivity contribution in [2.45, 2.75) is 13.5 Å². The maximum Gasteiger partial charge on any atom is 0.0411 e. The number of anilines is 2. The fourth-order valence-electron chi connectivity index (χ4n) is 1.88. The second-order valence-corrected chi connectivity index (χ2v) is 4.27. The molecular weight excluding hydrogens is 208 g/mol. The molecular formula is C15H18N2. The molecule has 0 amide bonds. The molecule has 2 heteroatoms. The van der Waals surface area contributed by atoms with E-state index in [4.69, 9.17) is 5.73 Å². The summed E-state index contributed by atoms with van der Waals surface area (Å²) in [6.45, 7) is 2.68. The third-order valence-electron chi connectivity index (χ3n) is 2.92. The molecule has 0 heterocycles. The van der Waals surface area contributed by atoms with Gasteiger partial charge in [0.15, 0.2) is 0 Å². The zero-order chi connectivity index (χ0) is 12.3. The van der Waals surface area contributed by atoms with Crippen molar-refractivity contribution in [3.8, 4) is 0 Å². The van der Waals surface area contributed by atoms with Crippen LogP contribution in [-0.2, 0) is 6.54 Å². The van der Waals surface area contributed by atoms with E-state index in [1.165, 1.54) is 16.9 Å². The standard InChI is InChI=1S/C15H18N2/c1-12-5-3-7-14(9-12)17(2)15-8-4-6-13(10-15)11-16/h3-10H,11,16H2,1-2H3. The van der Waals surface area contributed by atoms with E-state index < -0.39 is 0 Å². The maximum atomic E-state index is 5.66. The molecule has 0 aliphatic heterocycles. The minimum absolute atomic E-state index is 0.579. The van der Waals surface area contributed by atoms with Crippen molar-refractivity contribution in [1.82, 2.24) is 0 Å². The Bertz CT molecular complexity index is 506. The van der Waals surface area contributed by atoms with E-state index >= 15 is 0 Å². The molecule has 0 atom stereocenters. The van der Waals surface area contributed by atoms with Gasteiger partial charge in [-0.05, 0) is 42.3 Å². The van der Waals surface area contributed by atoms with Crippen molar-refractivity contribution in [3.05, 3.63) is 59.7 Å². The van der Waals surface area contributed by atoms with Gasteiger partial charge in [-0.15, -0.1) is 0 Å². The van der Waals surface area contributed by atoms with Gasteiger partial charge in [0.25, 0.3) is 0 Å². The van der Waals surface area contributed by atoms with Crippen LogP contribution in [0.1, 0.15) is 11.1 Å². The van der Waals surface area contributed by atoms with Gasteiger partial charge in [-0.3, -0.25) is 0 Å². The Hall–Kier alpha value is -1.80. The molecule has 0 radical (unpaired) electrons. The largest absolute Gasteiger partial charge is 0.345 e. The number of hydrogen-bond donors (Lipinski definition) is 1. The molecule has 2 aromatic rings. The summed E-state index contributed by atoms with van der Waals surface area (Å²) in [4.78, 5) is 2.17. The number of aryl methyl sites for hydroxylation is 1. The molecule has 0 aromatic heterocycles. The first-order valence-electron chi connectivity index (χ1n) is 5.80. The van der Waals surface area contributed by atoms with Crippen LogP contribution in [0, 0.1) is 6.92 Å². The van der Waals surface area contributed by atoms with Crippen LogP contribution in [0.3, 0.4) is 0 Å². The zero-order valence-corrected chi connectivity index (χ0v) is 10.4. The van der Waals surface area contributed by atoms with Crippen molar-refractivity contribution in [2.75, 3.05) is 11.9 Å². The Morgan fingerprint density at radius 3 is 2.29 bits per heavy atom. The van der Waals surface area contributed by atoms with Crippen LogP contribution in [0.15, 0.2) is 48.5 Å². The lowest BCUT2D eigenvalue weighted by Gasteiger charge is -2.20. The SMILES string of the molecule is Cc1cccc(N(C)c2cccc(CN)c2)c1. The van der Waals surface area contributed by atoms with Crippen LogP contribution in [0.4, 0.5) is 11.4 Å². The van der Waals surface area contributed by atoms with Crippen LogP contribution >= 0.6 is 0 Å². The van der Waals surface area contributed by atoms with Gasteiger partial charge in [0.05, 0.1) is 0 Å². The number of hydrogen-bond acceptors (Lipinski definition) is 2. The monoisotopic (exact) mass is 226 g/mol. The first-order chi connectivity index (χ1) is 8.20. The van der Waals surface area contributed by atoms with Gasteiger partial charge in [-0.2, -0.15) is 0 Å². The smallest absolute Gasteiger partial charge is 0.0411 e. The molecule has 88 valence electrons. The van der Waals surface area contributed by atoms with Gasteiger partial charge < -0.3 is 10.6 Å². The van der Waals surface area contributed by atoms with Gasteiger partial charge in [0.1, 0.15) is 0 Å². The minimum Gasteiger partial charge on any atom is -0.345 e. The molecule has 0 bridgehead atoms. The lowest BCUT2D eigenvalue weighted by atomic mass is 10.1. The summed E-state index contributed by atoms with van der Waals surface area (Å²) in [6.07, 6.45) is 0. The average molecular weight is 226 g/mol. The van der Waals surface area contributed by atoms with E-state index in [-0.39, 0.29) is 0 Å². The van der Waals surface area contributed by atoms with Crippen LogP contribution in [0.25, 0.3) is 0 Å². The Morgan fingerprint density at radius 2 is 1.65 bits per heavy atom. The zero-order valence-electron chi connectivity index (χ0n) is 10.4. The van der Waals surface area contributed by atoms with E-state index in [9.17, 15) is 0 Å². The molecule has 0 aliphatic carbocycles. The van der Waals surface area contributed by atoms with E-state index in [0.717, 1.165) is 5.56 Å². The molecule has 2 aromatic carbocycles. The van der Waals surface area contributed by atoms with E-state index in [1.54, 1.807) is 0 Å². The molecule has 17 heavy (non-hydrogen) atoms. The molecule has 2 nitrogen and oxygen atoms in total. The van der Waals surface area contributed by atoms with Crippen molar-refractivity contribution < 1.29 is 0 Å². The van der Waals surface area contributed by atoms with Crippen molar-refractivity contribution in [3.63, 3.8) is 0 Å². The molecule has 0 spiro atoms. The Kier molecular flexibility index (Phi) is 3.45. The molecule has 0 aliphatic rings. The molecule has 2 rings (SSSR count). The Morgan fingerprint density at radius 1 is 1.00 bits per heavy atom. The lowest BCUT2D eigenvalue weighted by molar-refractivity contribution is 1.06. The van der Waals surface area contributed by atoms with Crippen molar-refractivity contribution >= 4 is 11.4 Å². The van der Waals surface area contributed by atoms with Crippen molar-refractivity contribution in [1.29, 1.82) is 0 Å². The summed E-state index contributed by atoms with van der Waals surface area (Å²) in [5, 5.41) is 0. The summed E-state index contributed by atoms with van der Waals surface area (Å²) in [5.74, 6) is 0. The quantitative estimate of drug-likeness (QED) is 0.870. The molecule has 0 saturated carbocycles. The third-order valence-corrected chi connectivity index (χ3v) is 2.92. The van der Waals surface area contributed by atoms with E-state index in [2.05, 4.69) is 55.3 Å². The summed E-state index contributed by atoms with van der Waals surface area (Å²) < 4.78 is 0. The highest BCUT2D eigenvalue weighted by Crippen LogP contribution is 2.24. The van der Waals surface area contributed by atoms with Gasteiger partial charge in [-0.25, -0.2) is 0 Å². The van der Waals surface area contributed by atoms with Crippen LogP contribution in [0.2, 0.25) is 0 Å². The second kappa shape index (κ2) is 5.02. The average Bonchev–Trinajstić information content (AvgIpc) is 2.38. The highest BCUT2D eigenvalue weighted by Gasteiger charge is 2.04. The van der Waals surface area contributed by atoms with Gasteiger partial charge in [-0.1, -0.05) is 24.3 Å². The number of rotatable bonds is 3. The third kappa shape index (κ3) is 2.66. The van der Waals surface area contributed by atoms with Crippen LogP contribution in [-0.4, -0.2) is 7.05 Å². The maximum absolute atomic E-state index is 5.66. The fourth-order valence-corrected chi connectivity index (χ4v) is 1.88. The molecule has 0 unspecified atom stereocenters.